The smallest absolute Gasteiger partial charge is 0.124 e. The van der Waals surface area contributed by atoms with Gasteiger partial charge < -0.3 is 10.5 Å². The van der Waals surface area contributed by atoms with Gasteiger partial charge in [0.05, 0.1) is 16.7 Å². The maximum atomic E-state index is 8.58. The van der Waals surface area contributed by atoms with Gasteiger partial charge in [-0.15, -0.1) is 0 Å². The molecule has 0 unspecified atom stereocenters. The van der Waals surface area contributed by atoms with E-state index >= 15 is 0 Å². The summed E-state index contributed by atoms with van der Waals surface area (Å²) in [4.78, 5) is 0. The first-order valence-corrected chi connectivity index (χ1v) is 4.81. The summed E-state index contributed by atoms with van der Waals surface area (Å²) in [6, 6.07) is 8.87. The van der Waals surface area contributed by atoms with Gasteiger partial charge in [-0.05, 0) is 24.3 Å². The van der Waals surface area contributed by atoms with E-state index in [1.807, 2.05) is 6.07 Å². The van der Waals surface area contributed by atoms with Gasteiger partial charge in [0.1, 0.15) is 12.4 Å². The lowest BCUT2D eigenvalue weighted by Gasteiger charge is -2.04. The van der Waals surface area contributed by atoms with E-state index in [9.17, 15) is 0 Å². The van der Waals surface area contributed by atoms with Gasteiger partial charge in [0.15, 0.2) is 0 Å². The average Bonchev–Trinajstić information content (AvgIpc) is 2.27. The van der Waals surface area contributed by atoms with Gasteiger partial charge in [-0.25, -0.2) is 0 Å². The van der Waals surface area contributed by atoms with Crippen LogP contribution in [0.3, 0.4) is 0 Å². The molecule has 0 spiro atoms. The highest BCUT2D eigenvalue weighted by Gasteiger charge is 1.96. The Labute approximate surface area is 93.7 Å². The molecule has 0 aliphatic rings. The summed E-state index contributed by atoms with van der Waals surface area (Å²) >= 11 is 5.79. The highest BCUT2D eigenvalue weighted by Crippen LogP contribution is 2.13. The fourth-order valence-corrected chi connectivity index (χ4v) is 1.11. The maximum absolute atomic E-state index is 8.58. The lowest BCUT2D eigenvalue weighted by Crippen LogP contribution is -2.00. The number of benzene rings is 1. The van der Waals surface area contributed by atoms with Crippen molar-refractivity contribution in [2.45, 2.75) is 0 Å². The molecule has 1 aromatic rings. The lowest BCUT2D eigenvalue weighted by atomic mass is 10.2. The van der Waals surface area contributed by atoms with Crippen LogP contribution in [0.4, 0.5) is 0 Å². The number of nitriles is 1. The number of nitrogens with zero attached hydrogens (tertiary/aromatic N) is 1. The van der Waals surface area contributed by atoms with Crippen LogP contribution in [0.2, 0.25) is 0 Å². The van der Waals surface area contributed by atoms with Crippen LogP contribution in [0.15, 0.2) is 35.4 Å². The van der Waals surface area contributed by atoms with E-state index in [-0.39, 0.29) is 0 Å². The largest absolute Gasteiger partial charge is 0.488 e. The van der Waals surface area contributed by atoms with Gasteiger partial charge in [-0.2, -0.15) is 5.26 Å². The molecule has 0 aliphatic heterocycles. The van der Waals surface area contributed by atoms with Crippen LogP contribution in [-0.2, 0) is 0 Å². The summed E-state index contributed by atoms with van der Waals surface area (Å²) < 4.78 is 5.35. The van der Waals surface area contributed by atoms with Gasteiger partial charge in [0, 0.05) is 6.54 Å². The molecule has 78 valence electrons. The minimum atomic E-state index is 0.296. The van der Waals surface area contributed by atoms with Crippen molar-refractivity contribution in [3.8, 4) is 11.8 Å². The van der Waals surface area contributed by atoms with Gasteiger partial charge in [-0.1, -0.05) is 17.7 Å². The molecule has 0 atom stereocenters. The zero-order chi connectivity index (χ0) is 11.1. The Morgan fingerprint density at radius 2 is 2.13 bits per heavy atom. The SMILES string of the molecule is N#Cc1ccc(OC/C(Cl)=C\CN)cc1. The molecule has 1 rings (SSSR count). The summed E-state index contributed by atoms with van der Waals surface area (Å²) in [5, 5.41) is 9.15. The summed E-state index contributed by atoms with van der Waals surface area (Å²) in [5.74, 6) is 0.678. The Morgan fingerprint density at radius 1 is 1.47 bits per heavy atom. The van der Waals surface area contributed by atoms with Crippen molar-refractivity contribution in [2.24, 2.45) is 5.73 Å². The second-order valence-corrected chi connectivity index (χ2v) is 3.30. The number of hydrogen-bond acceptors (Lipinski definition) is 3. The second-order valence-electron chi connectivity index (χ2n) is 2.81. The average molecular weight is 223 g/mol. The standard InChI is InChI=1S/C11H11ClN2O/c12-10(5-6-13)8-15-11-3-1-9(7-14)2-4-11/h1-5H,6,8,13H2/b10-5+. The molecule has 0 bridgehead atoms. The van der Waals surface area contributed by atoms with E-state index in [0.29, 0.717) is 29.5 Å². The van der Waals surface area contributed by atoms with Gasteiger partial charge in [0.2, 0.25) is 0 Å². The summed E-state index contributed by atoms with van der Waals surface area (Å²) in [5.41, 5.74) is 5.89. The highest BCUT2D eigenvalue weighted by atomic mass is 35.5. The Hall–Kier alpha value is -1.50. The minimum Gasteiger partial charge on any atom is -0.488 e. The molecule has 2 N–H and O–H groups in total. The van der Waals surface area contributed by atoms with E-state index < -0.39 is 0 Å². The molecule has 15 heavy (non-hydrogen) atoms. The van der Waals surface area contributed by atoms with Crippen LogP contribution in [-0.4, -0.2) is 13.2 Å². The van der Waals surface area contributed by atoms with Crippen molar-refractivity contribution >= 4 is 11.6 Å². The summed E-state index contributed by atoms with van der Waals surface area (Å²) in [6.45, 7) is 0.695. The monoisotopic (exact) mass is 222 g/mol. The van der Waals surface area contributed by atoms with Crippen LogP contribution in [0.5, 0.6) is 5.75 Å². The molecule has 0 aromatic heterocycles. The van der Waals surface area contributed by atoms with E-state index in [4.69, 9.17) is 27.3 Å². The van der Waals surface area contributed by atoms with Crippen molar-refractivity contribution in [3.05, 3.63) is 40.9 Å². The third kappa shape index (κ3) is 4.03. The highest BCUT2D eigenvalue weighted by molar-refractivity contribution is 6.29. The molecule has 3 nitrogen and oxygen atoms in total. The first-order chi connectivity index (χ1) is 7.26. The van der Waals surface area contributed by atoms with Crippen LogP contribution in [0.1, 0.15) is 5.56 Å². The predicted molar refractivity (Wildman–Crippen MR) is 59.6 cm³/mol. The van der Waals surface area contributed by atoms with Gasteiger partial charge in [-0.3, -0.25) is 0 Å². The maximum Gasteiger partial charge on any atom is 0.124 e. The van der Waals surface area contributed by atoms with Crippen molar-refractivity contribution in [3.63, 3.8) is 0 Å². The van der Waals surface area contributed by atoms with E-state index in [1.54, 1.807) is 30.3 Å². The molecule has 4 heteroatoms. The van der Waals surface area contributed by atoms with E-state index in [1.165, 1.54) is 0 Å². The number of ether oxygens (including phenoxy) is 1. The van der Waals surface area contributed by atoms with Crippen LogP contribution < -0.4 is 10.5 Å². The van der Waals surface area contributed by atoms with Crippen LogP contribution >= 0.6 is 11.6 Å². The predicted octanol–water partition coefficient (Wildman–Crippen LogP) is 2.02. The molecule has 1 aromatic carbocycles. The van der Waals surface area contributed by atoms with Crippen molar-refractivity contribution in [2.75, 3.05) is 13.2 Å². The lowest BCUT2D eigenvalue weighted by molar-refractivity contribution is 0.359. The zero-order valence-corrected chi connectivity index (χ0v) is 8.87. The molecule has 0 amide bonds. The molecule has 0 fully saturated rings. The fraction of sp³-hybridized carbons (Fsp3) is 0.182. The quantitative estimate of drug-likeness (QED) is 0.848. The number of halogens is 1. The van der Waals surface area contributed by atoms with Gasteiger partial charge in [0.25, 0.3) is 0 Å². The Morgan fingerprint density at radius 3 is 2.67 bits per heavy atom. The second kappa shape index (κ2) is 6.07. The third-order valence-corrected chi connectivity index (χ3v) is 1.96. The zero-order valence-electron chi connectivity index (χ0n) is 8.11. The van der Waals surface area contributed by atoms with Crippen LogP contribution in [0.25, 0.3) is 0 Å². The van der Waals surface area contributed by atoms with Crippen molar-refractivity contribution in [1.82, 2.24) is 0 Å². The number of nitrogens with two attached hydrogens (primary N) is 1. The number of rotatable bonds is 4. The topological polar surface area (TPSA) is 59.0 Å². The summed E-state index contributed by atoms with van der Waals surface area (Å²) in [7, 11) is 0. The third-order valence-electron chi connectivity index (χ3n) is 1.70. The molecule has 0 aliphatic carbocycles. The normalized spacial score (nSPS) is 10.9. The fourth-order valence-electron chi connectivity index (χ4n) is 0.965. The molecule has 0 radical (unpaired) electrons. The molecule has 0 heterocycles. The molecule has 0 saturated heterocycles. The Bertz CT molecular complexity index is 379. The minimum absolute atomic E-state index is 0.296. The van der Waals surface area contributed by atoms with Gasteiger partial charge >= 0.3 is 0 Å². The van der Waals surface area contributed by atoms with E-state index in [0.717, 1.165) is 0 Å². The first kappa shape index (κ1) is 11.6. The van der Waals surface area contributed by atoms with Crippen molar-refractivity contribution in [1.29, 1.82) is 5.26 Å². The molecular weight excluding hydrogens is 212 g/mol. The summed E-state index contributed by atoms with van der Waals surface area (Å²) in [6.07, 6.45) is 1.69. The Balaban J connectivity index is 2.52. The first-order valence-electron chi connectivity index (χ1n) is 4.44. The van der Waals surface area contributed by atoms with Crippen molar-refractivity contribution < 1.29 is 4.74 Å². The molecule has 0 saturated carbocycles. The number of hydrogen-bond donors (Lipinski definition) is 1. The van der Waals surface area contributed by atoms with E-state index in [2.05, 4.69) is 0 Å². The van der Waals surface area contributed by atoms with Crippen LogP contribution in [0, 0.1) is 11.3 Å². The molecular formula is C11H11ClN2O. The Kier molecular flexibility index (Phi) is 4.69.